The highest BCUT2D eigenvalue weighted by molar-refractivity contribution is 9.10. The van der Waals surface area contributed by atoms with Crippen LogP contribution in [0.3, 0.4) is 0 Å². The molecule has 0 aliphatic heterocycles. The van der Waals surface area contributed by atoms with Crippen molar-refractivity contribution in [1.82, 2.24) is 0 Å². The van der Waals surface area contributed by atoms with Gasteiger partial charge in [0.05, 0.1) is 5.69 Å². The molecule has 0 spiro atoms. The molecule has 0 amide bonds. The van der Waals surface area contributed by atoms with Crippen molar-refractivity contribution in [2.45, 2.75) is 13.8 Å². The maximum absolute atomic E-state index is 11.1. The second-order valence-electron chi connectivity index (χ2n) is 4.09. The summed E-state index contributed by atoms with van der Waals surface area (Å²) in [5.41, 5.74) is 9.13. The van der Waals surface area contributed by atoms with Crippen LogP contribution in [0.15, 0.2) is 22.7 Å². The van der Waals surface area contributed by atoms with Crippen LogP contribution in [0.4, 0.5) is 5.69 Å². The molecular weight excluding hydrogens is 314 g/mol. The monoisotopic (exact) mass is 325 g/mol. The number of rotatable bonds is 2. The lowest BCUT2D eigenvalue weighted by atomic mass is 10.1. The summed E-state index contributed by atoms with van der Waals surface area (Å²) in [6.07, 6.45) is 0. The number of hydrogen-bond donors (Lipinski definition) is 2. The Hall–Kier alpha value is -1.33. The highest BCUT2D eigenvalue weighted by Gasteiger charge is 2.19. The summed E-state index contributed by atoms with van der Waals surface area (Å²) in [7, 11) is 0. The number of carboxylic acids is 1. The highest BCUT2D eigenvalue weighted by atomic mass is 79.9. The number of aryl methyl sites for hydroxylation is 1. The number of thiophene rings is 1. The number of hydrogen-bond acceptors (Lipinski definition) is 3. The van der Waals surface area contributed by atoms with Gasteiger partial charge in [-0.1, -0.05) is 28.1 Å². The minimum atomic E-state index is -0.977. The van der Waals surface area contributed by atoms with Crippen LogP contribution in [0, 0.1) is 13.8 Å². The van der Waals surface area contributed by atoms with Crippen LogP contribution >= 0.6 is 27.3 Å². The third-order valence-corrected chi connectivity index (χ3v) is 4.74. The van der Waals surface area contributed by atoms with Gasteiger partial charge in [-0.3, -0.25) is 0 Å². The molecule has 3 nitrogen and oxygen atoms in total. The molecule has 0 unspecified atom stereocenters. The predicted molar refractivity (Wildman–Crippen MR) is 78.3 cm³/mol. The summed E-state index contributed by atoms with van der Waals surface area (Å²) < 4.78 is 0.948. The minimum absolute atomic E-state index is 0.204. The lowest BCUT2D eigenvalue weighted by molar-refractivity contribution is 0.0703. The van der Waals surface area contributed by atoms with E-state index >= 15 is 0 Å². The normalized spacial score (nSPS) is 10.6. The Labute approximate surface area is 117 Å². The number of benzene rings is 1. The summed E-state index contributed by atoms with van der Waals surface area (Å²) in [6, 6.07) is 5.98. The zero-order valence-electron chi connectivity index (χ0n) is 9.95. The largest absolute Gasteiger partial charge is 0.477 e. The van der Waals surface area contributed by atoms with Gasteiger partial charge in [0.1, 0.15) is 4.88 Å². The zero-order valence-corrected chi connectivity index (χ0v) is 12.4. The van der Waals surface area contributed by atoms with Gasteiger partial charge in [0.25, 0.3) is 0 Å². The Morgan fingerprint density at radius 3 is 2.56 bits per heavy atom. The van der Waals surface area contributed by atoms with Gasteiger partial charge in [-0.2, -0.15) is 0 Å². The maximum Gasteiger partial charge on any atom is 0.348 e. The van der Waals surface area contributed by atoms with Crippen LogP contribution in [0.5, 0.6) is 0 Å². The number of aromatic carboxylic acids is 1. The van der Waals surface area contributed by atoms with Gasteiger partial charge in [-0.05, 0) is 31.0 Å². The van der Waals surface area contributed by atoms with Crippen molar-refractivity contribution in [3.63, 3.8) is 0 Å². The van der Waals surface area contributed by atoms with E-state index in [1.54, 1.807) is 0 Å². The molecule has 0 fully saturated rings. The van der Waals surface area contributed by atoms with Crippen molar-refractivity contribution in [3.8, 4) is 10.4 Å². The van der Waals surface area contributed by atoms with Crippen LogP contribution in [0.25, 0.3) is 10.4 Å². The third-order valence-electron chi connectivity index (χ3n) is 2.76. The average molecular weight is 326 g/mol. The quantitative estimate of drug-likeness (QED) is 0.874. The van der Waals surface area contributed by atoms with Crippen LogP contribution in [-0.4, -0.2) is 11.1 Å². The fourth-order valence-corrected chi connectivity index (χ4v) is 3.67. The molecule has 94 valence electrons. The van der Waals surface area contributed by atoms with E-state index in [0.717, 1.165) is 26.0 Å². The van der Waals surface area contributed by atoms with Crippen LogP contribution in [0.1, 0.15) is 20.8 Å². The molecule has 0 aliphatic rings. The highest BCUT2D eigenvalue weighted by Crippen LogP contribution is 2.41. The van der Waals surface area contributed by atoms with E-state index < -0.39 is 5.97 Å². The van der Waals surface area contributed by atoms with Crippen molar-refractivity contribution in [2.75, 3.05) is 5.73 Å². The Morgan fingerprint density at radius 2 is 2.06 bits per heavy atom. The molecule has 3 N–H and O–H groups in total. The predicted octanol–water partition coefficient (Wildman–Crippen LogP) is 4.07. The van der Waals surface area contributed by atoms with Gasteiger partial charge in [0, 0.05) is 14.9 Å². The number of halogens is 1. The average Bonchev–Trinajstić information content (AvgIpc) is 2.57. The number of anilines is 1. The van der Waals surface area contributed by atoms with E-state index in [4.69, 9.17) is 10.8 Å². The standard InChI is InChI=1S/C13H12BrNO2S/c1-6-3-4-8(9(14)5-6)11-7(2)10(15)12(18-11)13(16)17/h3-5H,15H2,1-2H3,(H,16,17). The smallest absolute Gasteiger partial charge is 0.348 e. The third kappa shape index (κ3) is 2.15. The van der Waals surface area contributed by atoms with Crippen LogP contribution in [0.2, 0.25) is 0 Å². The number of nitrogen functional groups attached to an aromatic ring is 1. The summed E-state index contributed by atoms with van der Waals surface area (Å²) in [6.45, 7) is 3.85. The van der Waals surface area contributed by atoms with E-state index in [0.29, 0.717) is 5.69 Å². The second-order valence-corrected chi connectivity index (χ2v) is 5.96. The van der Waals surface area contributed by atoms with Crippen LogP contribution in [-0.2, 0) is 0 Å². The van der Waals surface area contributed by atoms with E-state index in [9.17, 15) is 4.79 Å². The second kappa shape index (κ2) is 4.74. The van der Waals surface area contributed by atoms with Gasteiger partial charge in [0.15, 0.2) is 0 Å². The molecule has 2 aromatic rings. The Kier molecular flexibility index (Phi) is 3.45. The fourth-order valence-electron chi connectivity index (χ4n) is 1.75. The van der Waals surface area contributed by atoms with E-state index in [-0.39, 0.29) is 4.88 Å². The van der Waals surface area contributed by atoms with E-state index in [2.05, 4.69) is 15.9 Å². The SMILES string of the molecule is Cc1ccc(-c2sc(C(=O)O)c(N)c2C)c(Br)c1. The summed E-state index contributed by atoms with van der Waals surface area (Å²) in [5, 5.41) is 9.08. The van der Waals surface area contributed by atoms with Crippen molar-refractivity contribution in [1.29, 1.82) is 0 Å². The van der Waals surface area contributed by atoms with Gasteiger partial charge in [-0.15, -0.1) is 11.3 Å². The number of carbonyl (C=O) groups is 1. The summed E-state index contributed by atoms with van der Waals surface area (Å²) >= 11 is 4.72. The molecule has 2 rings (SSSR count). The van der Waals surface area contributed by atoms with Crippen molar-refractivity contribution in [3.05, 3.63) is 38.7 Å². The molecule has 0 atom stereocenters. The minimum Gasteiger partial charge on any atom is -0.477 e. The molecule has 0 saturated carbocycles. The lowest BCUT2D eigenvalue weighted by Crippen LogP contribution is -1.97. The topological polar surface area (TPSA) is 63.3 Å². The van der Waals surface area contributed by atoms with Gasteiger partial charge in [0.2, 0.25) is 0 Å². The molecule has 1 aromatic heterocycles. The first-order valence-electron chi connectivity index (χ1n) is 5.30. The Bertz CT molecular complexity index is 634. The van der Waals surface area contributed by atoms with Gasteiger partial charge in [-0.25, -0.2) is 4.79 Å². The zero-order chi connectivity index (χ0) is 13.4. The molecule has 0 saturated heterocycles. The van der Waals surface area contributed by atoms with E-state index in [1.807, 2.05) is 32.0 Å². The maximum atomic E-state index is 11.1. The lowest BCUT2D eigenvalue weighted by Gasteiger charge is -2.04. The van der Waals surface area contributed by atoms with Gasteiger partial charge >= 0.3 is 5.97 Å². The summed E-state index contributed by atoms with van der Waals surface area (Å²) in [5.74, 6) is -0.977. The number of carboxylic acid groups (broad SMARTS) is 1. The molecular formula is C13H12BrNO2S. The van der Waals surface area contributed by atoms with E-state index in [1.165, 1.54) is 11.3 Å². The molecule has 5 heteroatoms. The molecule has 0 aliphatic carbocycles. The Morgan fingerprint density at radius 1 is 1.39 bits per heavy atom. The first-order chi connectivity index (χ1) is 8.41. The molecule has 0 radical (unpaired) electrons. The van der Waals surface area contributed by atoms with Gasteiger partial charge < -0.3 is 10.8 Å². The fraction of sp³-hybridized carbons (Fsp3) is 0.154. The van der Waals surface area contributed by atoms with Crippen molar-refractivity contribution in [2.24, 2.45) is 0 Å². The molecule has 1 aromatic carbocycles. The van der Waals surface area contributed by atoms with Crippen LogP contribution < -0.4 is 5.73 Å². The molecule has 0 bridgehead atoms. The summed E-state index contributed by atoms with van der Waals surface area (Å²) in [4.78, 5) is 12.2. The molecule has 1 heterocycles. The van der Waals surface area contributed by atoms with Crippen molar-refractivity contribution < 1.29 is 9.90 Å². The number of nitrogens with two attached hydrogens (primary N) is 1. The first-order valence-corrected chi connectivity index (χ1v) is 6.91. The Balaban J connectivity index is 2.64. The van der Waals surface area contributed by atoms with Crippen molar-refractivity contribution >= 4 is 38.9 Å². The first kappa shape index (κ1) is 13.1. The molecule has 18 heavy (non-hydrogen) atoms.